The summed E-state index contributed by atoms with van der Waals surface area (Å²) in [6.45, 7) is 30.7. The molecule has 8 nitrogen and oxygen atoms in total. The number of rotatable bonds is 19. The predicted octanol–water partition coefficient (Wildman–Crippen LogP) is 15.6. The fourth-order valence-electron chi connectivity index (χ4n) is 10.8. The highest BCUT2D eigenvalue weighted by molar-refractivity contribution is 8.03. The Morgan fingerprint density at radius 2 is 1.68 bits per heavy atom. The zero-order valence-corrected chi connectivity index (χ0v) is 48.2. The molecule has 3 aliphatic carbocycles. The van der Waals surface area contributed by atoms with Crippen molar-refractivity contribution in [1.29, 1.82) is 0 Å². The molecule has 400 valence electrons. The molecule has 0 bridgehead atoms. The summed E-state index contributed by atoms with van der Waals surface area (Å²) in [5, 5.41) is 14.4. The number of nitrogens with two attached hydrogens (primary N) is 2. The van der Waals surface area contributed by atoms with Crippen LogP contribution in [-0.2, 0) is 19.3 Å². The lowest BCUT2D eigenvalue weighted by molar-refractivity contribution is 0.0571. The highest BCUT2D eigenvalue weighted by Gasteiger charge is 2.37. The maximum Gasteiger partial charge on any atom is 0.163 e. The van der Waals surface area contributed by atoms with Gasteiger partial charge in [-0.3, -0.25) is 4.79 Å². The van der Waals surface area contributed by atoms with Crippen molar-refractivity contribution in [3.05, 3.63) is 122 Å². The fraction of sp³-hybridized carbons (Fsp3) is 0.587. The molecule has 3 aromatic rings. The minimum absolute atomic E-state index is 0.0678. The van der Waals surface area contributed by atoms with E-state index in [1.54, 1.807) is 34.5 Å². The summed E-state index contributed by atoms with van der Waals surface area (Å²) in [6.07, 6.45) is 19.7. The van der Waals surface area contributed by atoms with Gasteiger partial charge in [0.15, 0.2) is 5.78 Å². The lowest BCUT2D eigenvalue weighted by Crippen LogP contribution is -2.52. The van der Waals surface area contributed by atoms with Crippen LogP contribution in [0.3, 0.4) is 0 Å². The second kappa shape index (κ2) is 27.2. The van der Waals surface area contributed by atoms with Gasteiger partial charge < -0.3 is 31.7 Å². The van der Waals surface area contributed by atoms with Crippen molar-refractivity contribution < 1.29 is 9.90 Å². The third-order valence-electron chi connectivity index (χ3n) is 16.3. The number of piperidine rings is 1. The molecule has 3 aromatic carbocycles. The number of allylic oxidation sites excluding steroid dienone is 2. The van der Waals surface area contributed by atoms with E-state index < -0.39 is 0 Å². The van der Waals surface area contributed by atoms with Gasteiger partial charge in [0, 0.05) is 59.7 Å². The van der Waals surface area contributed by atoms with Gasteiger partial charge in [0.1, 0.15) is 17.4 Å². The highest BCUT2D eigenvalue weighted by atomic mass is 35.5. The van der Waals surface area contributed by atoms with Crippen LogP contribution >= 0.6 is 23.4 Å². The number of likely N-dealkylation sites (tertiary alicyclic amines) is 2. The molecular weight excluding hydrogens is 940 g/mol. The molecule has 0 aromatic heterocycles. The van der Waals surface area contributed by atoms with Crippen molar-refractivity contribution in [2.45, 2.75) is 188 Å². The van der Waals surface area contributed by atoms with Crippen molar-refractivity contribution in [2.24, 2.45) is 40.1 Å². The first-order valence-electron chi connectivity index (χ1n) is 28.3. The number of hydrogen-bond acceptors (Lipinski definition) is 8. The molecule has 2 heterocycles. The van der Waals surface area contributed by atoms with Crippen LogP contribution in [0.1, 0.15) is 196 Å². The highest BCUT2D eigenvalue weighted by Crippen LogP contribution is 2.46. The van der Waals surface area contributed by atoms with Gasteiger partial charge in [0.25, 0.3) is 0 Å². The summed E-state index contributed by atoms with van der Waals surface area (Å²) in [6, 6.07) is 16.9. The van der Waals surface area contributed by atoms with Gasteiger partial charge in [-0.2, -0.15) is 0 Å². The Bertz CT molecular complexity index is 2420. The van der Waals surface area contributed by atoms with Crippen molar-refractivity contribution in [3.63, 3.8) is 0 Å². The van der Waals surface area contributed by atoms with Crippen LogP contribution in [-0.4, -0.2) is 64.8 Å². The number of phenols is 1. The molecule has 10 heteroatoms. The monoisotopic (exact) mass is 1030 g/mol. The average Bonchev–Trinajstić information content (AvgIpc) is 4.18. The van der Waals surface area contributed by atoms with E-state index in [9.17, 15) is 9.90 Å². The SMILES string of the molecule is C=C/C(=N\C(N)=C(\Sc1cccc(NC(=C2CCC2)C2CN(CC3CC(CC)C3)C2)c1Cl)C(C)CC)N1CCC(C)(N)CC1.CC(=O)c1cc(C(C)C)c(C2CC2)cc1O.CCCc1ccc(CC)cc1CC. The molecule has 8 rings (SSSR count). The van der Waals surface area contributed by atoms with Crippen molar-refractivity contribution in [3.8, 4) is 5.75 Å². The van der Waals surface area contributed by atoms with Crippen molar-refractivity contribution in [1.82, 2.24) is 9.80 Å². The molecular formula is C63H93ClN6O2S. The van der Waals surface area contributed by atoms with E-state index in [-0.39, 0.29) is 23.0 Å². The molecule has 1 atom stereocenters. The summed E-state index contributed by atoms with van der Waals surface area (Å²) < 4.78 is 0. The average molecular weight is 1030 g/mol. The number of hydrogen-bond donors (Lipinski definition) is 4. The van der Waals surface area contributed by atoms with Crippen LogP contribution in [0.5, 0.6) is 5.75 Å². The second-order valence-electron chi connectivity index (χ2n) is 22.7. The van der Waals surface area contributed by atoms with Crippen LogP contribution in [0, 0.1) is 23.7 Å². The van der Waals surface area contributed by atoms with E-state index >= 15 is 0 Å². The van der Waals surface area contributed by atoms with Gasteiger partial charge in [-0.25, -0.2) is 4.99 Å². The number of nitrogens with zero attached hydrogens (tertiary/aromatic N) is 3. The summed E-state index contributed by atoms with van der Waals surface area (Å²) >= 11 is 8.81. The van der Waals surface area contributed by atoms with Crippen LogP contribution in [0.2, 0.25) is 5.02 Å². The topological polar surface area (TPSA) is 120 Å². The number of amidine groups is 1. The Morgan fingerprint density at radius 3 is 2.23 bits per heavy atom. The lowest BCUT2D eigenvalue weighted by atomic mass is 9.72. The van der Waals surface area contributed by atoms with Gasteiger partial charge in [0.05, 0.1) is 16.3 Å². The molecule has 1 unspecified atom stereocenters. The maximum absolute atomic E-state index is 11.4. The fourth-order valence-corrected chi connectivity index (χ4v) is 12.2. The minimum Gasteiger partial charge on any atom is -0.507 e. The predicted molar refractivity (Wildman–Crippen MR) is 313 cm³/mol. The Labute approximate surface area is 451 Å². The van der Waals surface area contributed by atoms with E-state index in [4.69, 9.17) is 28.1 Å². The number of Topliss-reactive ketones (excluding diaryl/α,β-unsaturated/α-hetero) is 1. The summed E-state index contributed by atoms with van der Waals surface area (Å²) in [5.74, 6) is 5.12. The van der Waals surface area contributed by atoms with Crippen LogP contribution in [0.25, 0.3) is 0 Å². The van der Waals surface area contributed by atoms with E-state index in [0.717, 1.165) is 90.0 Å². The number of carbonyl (C=O) groups excluding carboxylic acids is 1. The van der Waals surface area contributed by atoms with E-state index in [2.05, 4.69) is 120 Å². The van der Waals surface area contributed by atoms with Crippen LogP contribution in [0.15, 0.2) is 93.1 Å². The van der Waals surface area contributed by atoms with Gasteiger partial charge >= 0.3 is 0 Å². The quantitative estimate of drug-likeness (QED) is 0.0406. The molecule has 2 aliphatic heterocycles. The number of aliphatic imine (C=N–C) groups is 1. The van der Waals surface area contributed by atoms with Crippen molar-refractivity contribution >= 4 is 40.7 Å². The Morgan fingerprint density at radius 1 is 0.986 bits per heavy atom. The van der Waals surface area contributed by atoms with Gasteiger partial charge in [-0.1, -0.05) is 128 Å². The third-order valence-corrected chi connectivity index (χ3v) is 18.3. The Kier molecular flexibility index (Phi) is 21.7. The van der Waals surface area contributed by atoms with Crippen molar-refractivity contribution in [2.75, 3.05) is 38.0 Å². The molecule has 6 N–H and O–H groups in total. The third kappa shape index (κ3) is 15.8. The van der Waals surface area contributed by atoms with E-state index in [1.165, 1.54) is 106 Å². The van der Waals surface area contributed by atoms with E-state index in [0.29, 0.717) is 29.1 Å². The smallest absolute Gasteiger partial charge is 0.163 e. The zero-order valence-electron chi connectivity index (χ0n) is 46.6. The standard InChI is InChI=1S/C36H55ClN6S.C14H18O2.C13H20/c1-6-24(4)34(35(38)41-31(8-3)43-17-15-36(5,39)16-18-43)44-30-14-10-13-29(32(30)37)40-33(27-11-9-12-27)28-22-42(23-28)21-26-19-25(7-2)20-26;1-8(2)11-6-12(9(3)15)14(16)7-13(11)10-4-5-10;1-4-7-13-9-8-11(5-2)10-12(13)6-3/h8,10,13-14,24-26,28,40H,3,6-7,9,11-12,15-23,38-39H2,1-2,4-5H3;6-8,10,16H,4-5H2,1-3H3;8-10H,4-7H2,1-3H3/b35-34+,41-31+;;. The molecule has 3 saturated carbocycles. The molecule has 73 heavy (non-hydrogen) atoms. The molecule has 5 aliphatic rings. The Hall–Kier alpha value is -4.02. The molecule has 0 amide bonds. The number of halogens is 1. The van der Waals surface area contributed by atoms with Crippen LogP contribution in [0.4, 0.5) is 5.69 Å². The number of benzene rings is 3. The molecule has 2 saturated heterocycles. The summed E-state index contributed by atoms with van der Waals surface area (Å²) in [7, 11) is 0. The van der Waals surface area contributed by atoms with Gasteiger partial charge in [0.2, 0.25) is 0 Å². The lowest BCUT2D eigenvalue weighted by Gasteiger charge is -2.46. The van der Waals surface area contributed by atoms with E-state index in [1.807, 2.05) is 12.1 Å². The van der Waals surface area contributed by atoms with Crippen LogP contribution < -0.4 is 16.8 Å². The molecule has 5 fully saturated rings. The largest absolute Gasteiger partial charge is 0.507 e. The normalized spacial score (nSPS) is 20.5. The Balaban J connectivity index is 0.000000242. The number of thioether (sulfide) groups is 1. The minimum atomic E-state index is -0.126. The first kappa shape index (κ1) is 58.2. The molecule has 0 radical (unpaired) electrons. The second-order valence-corrected chi connectivity index (χ2v) is 24.1. The maximum atomic E-state index is 11.4. The number of aromatic hydroxyl groups is 1. The number of nitrogens with one attached hydrogen (secondary N) is 1. The summed E-state index contributed by atoms with van der Waals surface area (Å²) in [5.41, 5.74) is 24.5. The number of ketones is 1. The number of phenolic OH excluding ortho intramolecular Hbond substituents is 1. The first-order chi connectivity index (χ1) is 34.9. The van der Waals surface area contributed by atoms with Gasteiger partial charge in [-0.15, -0.1) is 0 Å². The molecule has 0 spiro atoms. The van der Waals surface area contributed by atoms with Gasteiger partial charge in [-0.05, 0) is 185 Å². The number of aryl methyl sites for hydroxylation is 3. The number of anilines is 1. The summed E-state index contributed by atoms with van der Waals surface area (Å²) in [4.78, 5) is 23.2. The number of carbonyl (C=O) groups is 1. The first-order valence-corrected chi connectivity index (χ1v) is 29.5. The zero-order chi connectivity index (χ0) is 53.0.